The van der Waals surface area contributed by atoms with E-state index in [9.17, 15) is 9.59 Å². The lowest BCUT2D eigenvalue weighted by molar-refractivity contribution is 0.0602. The molecule has 0 saturated carbocycles. The van der Waals surface area contributed by atoms with Gasteiger partial charge in [0.2, 0.25) is 0 Å². The second-order valence-electron chi connectivity index (χ2n) is 3.80. The summed E-state index contributed by atoms with van der Waals surface area (Å²) in [6, 6.07) is 4.49. The number of halogens is 1. The highest BCUT2D eigenvalue weighted by molar-refractivity contribution is 6.31. The van der Waals surface area contributed by atoms with Crippen molar-refractivity contribution in [2.24, 2.45) is 0 Å². The van der Waals surface area contributed by atoms with Crippen molar-refractivity contribution < 1.29 is 19.1 Å². The van der Waals surface area contributed by atoms with E-state index < -0.39 is 12.1 Å². The number of rotatable bonds is 5. The van der Waals surface area contributed by atoms with Gasteiger partial charge >= 0.3 is 12.1 Å². The van der Waals surface area contributed by atoms with Gasteiger partial charge in [-0.25, -0.2) is 9.59 Å². The van der Waals surface area contributed by atoms with Crippen LogP contribution in [-0.4, -0.2) is 25.8 Å². The Kier molecular flexibility index (Phi) is 6.15. The van der Waals surface area contributed by atoms with E-state index >= 15 is 0 Å². The van der Waals surface area contributed by atoms with Crippen LogP contribution in [0, 0.1) is 0 Å². The van der Waals surface area contributed by atoms with E-state index in [1.807, 2.05) is 6.92 Å². The van der Waals surface area contributed by atoms with Crippen molar-refractivity contribution in [3.63, 3.8) is 0 Å². The summed E-state index contributed by atoms with van der Waals surface area (Å²) in [7, 11) is 1.26. The molecule has 0 aliphatic carbocycles. The predicted octanol–water partition coefficient (Wildman–Crippen LogP) is 3.48. The average Bonchev–Trinajstić information content (AvgIpc) is 2.38. The minimum atomic E-state index is -0.624. The standard InChI is InChI=1S/C13H16ClNO4/c1-3-4-7-19-13(17)15-11-8-9(14)5-6-10(11)12(16)18-2/h5-6,8H,3-4,7H2,1-2H3,(H,15,17). The van der Waals surface area contributed by atoms with Gasteiger partial charge in [-0.1, -0.05) is 24.9 Å². The third-order valence-corrected chi connectivity index (χ3v) is 2.59. The zero-order valence-corrected chi connectivity index (χ0v) is 11.6. The average molecular weight is 286 g/mol. The maximum absolute atomic E-state index is 11.5. The zero-order valence-electron chi connectivity index (χ0n) is 10.9. The van der Waals surface area contributed by atoms with Crippen LogP contribution in [0.25, 0.3) is 0 Å². The lowest BCUT2D eigenvalue weighted by Crippen LogP contribution is -2.17. The van der Waals surface area contributed by atoms with E-state index in [1.165, 1.54) is 19.2 Å². The monoisotopic (exact) mass is 285 g/mol. The third-order valence-electron chi connectivity index (χ3n) is 2.35. The molecule has 1 aromatic rings. The summed E-state index contributed by atoms with van der Waals surface area (Å²) in [5.41, 5.74) is 0.486. The lowest BCUT2D eigenvalue weighted by atomic mass is 10.2. The number of carbonyl (C=O) groups excluding carboxylic acids is 2. The Morgan fingerprint density at radius 2 is 2.11 bits per heavy atom. The highest BCUT2D eigenvalue weighted by atomic mass is 35.5. The van der Waals surface area contributed by atoms with Crippen molar-refractivity contribution in [2.75, 3.05) is 19.0 Å². The molecule has 0 aromatic heterocycles. The molecule has 0 saturated heterocycles. The van der Waals surface area contributed by atoms with Gasteiger partial charge in [0.15, 0.2) is 0 Å². The summed E-state index contributed by atoms with van der Waals surface area (Å²) in [4.78, 5) is 23.1. The number of amides is 1. The molecule has 1 N–H and O–H groups in total. The number of benzene rings is 1. The number of unbranched alkanes of at least 4 members (excludes halogenated alkanes) is 1. The van der Waals surface area contributed by atoms with Crippen molar-refractivity contribution in [1.82, 2.24) is 0 Å². The highest BCUT2D eigenvalue weighted by Gasteiger charge is 2.14. The minimum absolute atomic E-state index is 0.222. The Morgan fingerprint density at radius 1 is 1.37 bits per heavy atom. The molecule has 0 unspecified atom stereocenters. The van der Waals surface area contributed by atoms with Gasteiger partial charge in [0.1, 0.15) is 0 Å². The zero-order chi connectivity index (χ0) is 14.3. The molecule has 0 heterocycles. The molecular weight excluding hydrogens is 270 g/mol. The molecule has 1 amide bonds. The normalized spacial score (nSPS) is 9.84. The number of anilines is 1. The number of nitrogens with one attached hydrogen (secondary N) is 1. The molecule has 0 bridgehead atoms. The number of hydrogen-bond donors (Lipinski definition) is 1. The number of ether oxygens (including phenoxy) is 2. The lowest BCUT2D eigenvalue weighted by Gasteiger charge is -2.10. The fourth-order valence-electron chi connectivity index (χ4n) is 1.36. The van der Waals surface area contributed by atoms with E-state index in [0.717, 1.165) is 12.8 Å². The number of carbonyl (C=O) groups is 2. The second-order valence-corrected chi connectivity index (χ2v) is 4.23. The summed E-state index contributed by atoms with van der Waals surface area (Å²) in [6.45, 7) is 2.32. The molecule has 19 heavy (non-hydrogen) atoms. The first-order valence-corrected chi connectivity index (χ1v) is 6.28. The largest absolute Gasteiger partial charge is 0.465 e. The van der Waals surface area contributed by atoms with Crippen LogP contribution in [0.4, 0.5) is 10.5 Å². The molecule has 0 aliphatic heterocycles. The van der Waals surface area contributed by atoms with Crippen LogP contribution in [0.5, 0.6) is 0 Å². The van der Waals surface area contributed by atoms with Gasteiger partial charge in [-0.2, -0.15) is 0 Å². The Hall–Kier alpha value is -1.75. The molecule has 0 fully saturated rings. The summed E-state index contributed by atoms with van der Waals surface area (Å²) < 4.78 is 9.57. The molecule has 5 nitrogen and oxygen atoms in total. The van der Waals surface area contributed by atoms with Gasteiger partial charge in [-0.3, -0.25) is 5.32 Å². The van der Waals surface area contributed by atoms with Crippen LogP contribution in [-0.2, 0) is 9.47 Å². The predicted molar refractivity (Wildman–Crippen MR) is 72.7 cm³/mol. The van der Waals surface area contributed by atoms with Gasteiger partial charge < -0.3 is 9.47 Å². The molecule has 0 atom stereocenters. The Morgan fingerprint density at radius 3 is 2.74 bits per heavy atom. The first kappa shape index (κ1) is 15.3. The maximum Gasteiger partial charge on any atom is 0.411 e. The molecule has 6 heteroatoms. The number of esters is 1. The fraction of sp³-hybridized carbons (Fsp3) is 0.385. The van der Waals surface area contributed by atoms with E-state index in [0.29, 0.717) is 11.6 Å². The Balaban J connectivity index is 2.78. The fourth-order valence-corrected chi connectivity index (χ4v) is 1.54. The van der Waals surface area contributed by atoms with E-state index in [-0.39, 0.29) is 11.3 Å². The first-order chi connectivity index (χ1) is 9.08. The van der Waals surface area contributed by atoms with Gasteiger partial charge in [-0.05, 0) is 24.6 Å². The summed E-state index contributed by atoms with van der Waals surface area (Å²) in [5.74, 6) is -0.555. The molecule has 1 rings (SSSR count). The Bertz CT molecular complexity index is 462. The van der Waals surface area contributed by atoms with Crippen molar-refractivity contribution in [2.45, 2.75) is 19.8 Å². The van der Waals surface area contributed by atoms with Crippen molar-refractivity contribution in [3.05, 3.63) is 28.8 Å². The molecule has 104 valence electrons. The van der Waals surface area contributed by atoms with Crippen LogP contribution in [0.3, 0.4) is 0 Å². The summed E-state index contributed by atoms with van der Waals surface area (Å²) in [6.07, 6.45) is 1.09. The molecule has 0 aliphatic rings. The molecular formula is C13H16ClNO4. The van der Waals surface area contributed by atoms with Gasteiger partial charge in [0.25, 0.3) is 0 Å². The van der Waals surface area contributed by atoms with E-state index in [2.05, 4.69) is 10.1 Å². The van der Waals surface area contributed by atoms with E-state index in [4.69, 9.17) is 16.3 Å². The third kappa shape index (κ3) is 4.79. The Labute approximate surface area is 116 Å². The summed E-state index contributed by atoms with van der Waals surface area (Å²) >= 11 is 5.83. The van der Waals surface area contributed by atoms with Gasteiger partial charge in [-0.15, -0.1) is 0 Å². The second kappa shape index (κ2) is 7.63. The minimum Gasteiger partial charge on any atom is -0.465 e. The molecule has 0 spiro atoms. The smallest absolute Gasteiger partial charge is 0.411 e. The van der Waals surface area contributed by atoms with Crippen LogP contribution in [0.1, 0.15) is 30.1 Å². The summed E-state index contributed by atoms with van der Waals surface area (Å²) in [5, 5.41) is 2.88. The topological polar surface area (TPSA) is 64.6 Å². The van der Waals surface area contributed by atoms with E-state index in [1.54, 1.807) is 6.07 Å². The van der Waals surface area contributed by atoms with Crippen LogP contribution >= 0.6 is 11.6 Å². The first-order valence-electron chi connectivity index (χ1n) is 5.90. The van der Waals surface area contributed by atoms with Crippen molar-refractivity contribution in [1.29, 1.82) is 0 Å². The quantitative estimate of drug-likeness (QED) is 0.664. The molecule has 0 radical (unpaired) electrons. The van der Waals surface area contributed by atoms with Gasteiger partial charge in [0.05, 0.1) is 25.0 Å². The number of hydrogen-bond acceptors (Lipinski definition) is 4. The van der Waals surface area contributed by atoms with Crippen LogP contribution < -0.4 is 5.32 Å². The van der Waals surface area contributed by atoms with Gasteiger partial charge in [0, 0.05) is 5.02 Å². The van der Waals surface area contributed by atoms with Crippen molar-refractivity contribution >= 4 is 29.4 Å². The SMILES string of the molecule is CCCCOC(=O)Nc1cc(Cl)ccc1C(=O)OC. The molecule has 1 aromatic carbocycles. The maximum atomic E-state index is 11.5. The van der Waals surface area contributed by atoms with Crippen LogP contribution in [0.15, 0.2) is 18.2 Å². The highest BCUT2D eigenvalue weighted by Crippen LogP contribution is 2.22. The van der Waals surface area contributed by atoms with Crippen LogP contribution in [0.2, 0.25) is 5.02 Å². The number of methoxy groups -OCH3 is 1. The van der Waals surface area contributed by atoms with Crippen molar-refractivity contribution in [3.8, 4) is 0 Å².